The van der Waals surface area contributed by atoms with E-state index < -0.39 is 10.8 Å². The second-order valence-electron chi connectivity index (χ2n) is 4.17. The van der Waals surface area contributed by atoms with Crippen molar-refractivity contribution in [3.8, 4) is 0 Å². The maximum Gasteiger partial charge on any atom is 0.0633 e. The molecule has 0 saturated heterocycles. The standard InChI is InChI=1S/C14H13Cl2NOS/c1-9-12(17)6-3-7-13(9)19(18)8-10-4-2-5-11(15)14(10)16/h2-7H,8,17H2,1H3. The third-order valence-corrected chi connectivity index (χ3v) is 5.25. The number of nitrogens with two attached hydrogens (primary N) is 1. The third kappa shape index (κ3) is 3.11. The van der Waals surface area contributed by atoms with E-state index in [4.69, 9.17) is 28.9 Å². The molecule has 2 rings (SSSR count). The van der Waals surface area contributed by atoms with E-state index in [1.165, 1.54) is 0 Å². The molecule has 1 atom stereocenters. The summed E-state index contributed by atoms with van der Waals surface area (Å²) < 4.78 is 12.4. The molecule has 0 aliphatic carbocycles. The van der Waals surface area contributed by atoms with Crippen molar-refractivity contribution in [2.45, 2.75) is 17.6 Å². The summed E-state index contributed by atoms with van der Waals surface area (Å²) in [5.74, 6) is 0.323. The molecule has 100 valence electrons. The van der Waals surface area contributed by atoms with Crippen molar-refractivity contribution in [3.05, 3.63) is 57.6 Å². The number of halogens is 2. The Hall–Kier alpha value is -1.03. The molecule has 5 heteroatoms. The molecule has 0 aliphatic rings. The number of hydrogen-bond acceptors (Lipinski definition) is 2. The van der Waals surface area contributed by atoms with Gasteiger partial charge in [-0.05, 0) is 36.2 Å². The molecule has 0 aliphatic heterocycles. The van der Waals surface area contributed by atoms with Gasteiger partial charge in [-0.25, -0.2) is 0 Å². The van der Waals surface area contributed by atoms with E-state index in [1.54, 1.807) is 24.3 Å². The first-order chi connectivity index (χ1) is 9.00. The molecule has 0 bridgehead atoms. The lowest BCUT2D eigenvalue weighted by molar-refractivity contribution is 0.682. The van der Waals surface area contributed by atoms with Gasteiger partial charge in [0.25, 0.3) is 0 Å². The Bertz CT molecular complexity index is 643. The molecule has 0 radical (unpaired) electrons. The van der Waals surface area contributed by atoms with Gasteiger partial charge in [-0.2, -0.15) is 0 Å². The lowest BCUT2D eigenvalue weighted by atomic mass is 10.2. The van der Waals surface area contributed by atoms with Gasteiger partial charge in [0.05, 0.1) is 26.6 Å². The van der Waals surface area contributed by atoms with Gasteiger partial charge in [-0.1, -0.05) is 41.4 Å². The van der Waals surface area contributed by atoms with E-state index in [-0.39, 0.29) is 0 Å². The normalized spacial score (nSPS) is 12.4. The maximum absolute atomic E-state index is 12.4. The molecule has 0 saturated carbocycles. The van der Waals surface area contributed by atoms with Crippen LogP contribution in [0.25, 0.3) is 0 Å². The molecule has 1 unspecified atom stereocenters. The number of benzene rings is 2. The monoisotopic (exact) mass is 313 g/mol. The van der Waals surface area contributed by atoms with Gasteiger partial charge >= 0.3 is 0 Å². The summed E-state index contributed by atoms with van der Waals surface area (Å²) in [6.45, 7) is 1.86. The minimum Gasteiger partial charge on any atom is -0.398 e. The van der Waals surface area contributed by atoms with Gasteiger partial charge < -0.3 is 5.73 Å². The summed E-state index contributed by atoms with van der Waals surface area (Å²) in [4.78, 5) is 0.732. The van der Waals surface area contributed by atoms with Crippen LogP contribution in [-0.4, -0.2) is 4.21 Å². The van der Waals surface area contributed by atoms with E-state index in [9.17, 15) is 4.21 Å². The lowest BCUT2D eigenvalue weighted by Crippen LogP contribution is -2.02. The molecule has 0 fully saturated rings. The van der Waals surface area contributed by atoms with Crippen LogP contribution in [0.5, 0.6) is 0 Å². The van der Waals surface area contributed by atoms with Crippen molar-refractivity contribution in [2.24, 2.45) is 0 Å². The van der Waals surface area contributed by atoms with Crippen LogP contribution < -0.4 is 5.73 Å². The maximum atomic E-state index is 12.4. The fourth-order valence-corrected chi connectivity index (χ4v) is 3.59. The number of nitrogen functional groups attached to an aromatic ring is 1. The summed E-state index contributed by atoms with van der Waals surface area (Å²) in [5.41, 5.74) is 8.08. The van der Waals surface area contributed by atoms with Crippen molar-refractivity contribution < 1.29 is 4.21 Å². The van der Waals surface area contributed by atoms with E-state index in [2.05, 4.69) is 0 Å². The van der Waals surface area contributed by atoms with Crippen molar-refractivity contribution in [1.82, 2.24) is 0 Å². The summed E-state index contributed by atoms with van der Waals surface area (Å²) >= 11 is 12.1. The zero-order valence-corrected chi connectivity index (χ0v) is 12.6. The number of hydrogen-bond donors (Lipinski definition) is 1. The molecular formula is C14H13Cl2NOS. The predicted octanol–water partition coefficient (Wildman–Crippen LogP) is 4.19. The number of rotatable bonds is 3. The topological polar surface area (TPSA) is 43.1 Å². The Kier molecular flexibility index (Phi) is 4.50. The first-order valence-corrected chi connectivity index (χ1v) is 7.74. The van der Waals surface area contributed by atoms with Crippen molar-refractivity contribution >= 4 is 39.7 Å². The fraction of sp³-hybridized carbons (Fsp3) is 0.143. The average Bonchev–Trinajstić information content (AvgIpc) is 2.38. The highest BCUT2D eigenvalue weighted by molar-refractivity contribution is 7.84. The van der Waals surface area contributed by atoms with Crippen LogP contribution in [0.3, 0.4) is 0 Å². The molecule has 0 aromatic heterocycles. The van der Waals surface area contributed by atoms with E-state index in [0.717, 1.165) is 16.0 Å². The summed E-state index contributed by atoms with van der Waals surface area (Å²) in [7, 11) is -1.20. The molecule has 2 aromatic rings. The molecule has 2 aromatic carbocycles. The van der Waals surface area contributed by atoms with Crippen molar-refractivity contribution in [3.63, 3.8) is 0 Å². The van der Waals surface area contributed by atoms with Gasteiger partial charge in [0.1, 0.15) is 0 Å². The fourth-order valence-electron chi connectivity index (χ4n) is 1.76. The molecule has 0 heterocycles. The van der Waals surface area contributed by atoms with Gasteiger partial charge in [0.15, 0.2) is 0 Å². The summed E-state index contributed by atoms with van der Waals surface area (Å²) in [6, 6.07) is 10.8. The van der Waals surface area contributed by atoms with Crippen LogP contribution in [0.15, 0.2) is 41.3 Å². The zero-order valence-electron chi connectivity index (χ0n) is 10.3. The Morgan fingerprint density at radius 3 is 2.58 bits per heavy atom. The molecular weight excluding hydrogens is 301 g/mol. The minimum atomic E-state index is -1.20. The molecule has 2 nitrogen and oxygen atoms in total. The highest BCUT2D eigenvalue weighted by Crippen LogP contribution is 2.28. The molecule has 0 spiro atoms. The highest BCUT2D eigenvalue weighted by atomic mass is 35.5. The Labute approximate surface area is 125 Å². The molecule has 2 N–H and O–H groups in total. The lowest BCUT2D eigenvalue weighted by Gasteiger charge is -2.09. The van der Waals surface area contributed by atoms with Crippen LogP contribution in [-0.2, 0) is 16.6 Å². The van der Waals surface area contributed by atoms with Crippen LogP contribution in [0.4, 0.5) is 5.69 Å². The minimum absolute atomic E-state index is 0.323. The van der Waals surface area contributed by atoms with Crippen molar-refractivity contribution in [1.29, 1.82) is 0 Å². The van der Waals surface area contributed by atoms with E-state index in [0.29, 0.717) is 21.5 Å². The van der Waals surface area contributed by atoms with Crippen LogP contribution in [0, 0.1) is 6.92 Å². The van der Waals surface area contributed by atoms with Crippen LogP contribution in [0.1, 0.15) is 11.1 Å². The highest BCUT2D eigenvalue weighted by Gasteiger charge is 2.12. The Morgan fingerprint density at radius 2 is 1.84 bits per heavy atom. The van der Waals surface area contributed by atoms with Crippen LogP contribution >= 0.6 is 23.2 Å². The second kappa shape index (κ2) is 5.95. The first-order valence-electron chi connectivity index (χ1n) is 5.67. The average molecular weight is 314 g/mol. The summed E-state index contributed by atoms with van der Waals surface area (Å²) in [5, 5.41) is 0.930. The Balaban J connectivity index is 2.31. The summed E-state index contributed by atoms with van der Waals surface area (Å²) in [6.07, 6.45) is 0. The van der Waals surface area contributed by atoms with Gasteiger partial charge in [0, 0.05) is 10.6 Å². The van der Waals surface area contributed by atoms with E-state index >= 15 is 0 Å². The van der Waals surface area contributed by atoms with Gasteiger partial charge in [-0.15, -0.1) is 0 Å². The zero-order chi connectivity index (χ0) is 14.0. The Morgan fingerprint density at radius 1 is 1.16 bits per heavy atom. The number of anilines is 1. The van der Waals surface area contributed by atoms with Gasteiger partial charge in [0.2, 0.25) is 0 Å². The largest absolute Gasteiger partial charge is 0.398 e. The first kappa shape index (κ1) is 14.4. The van der Waals surface area contributed by atoms with E-state index in [1.807, 2.05) is 19.1 Å². The third-order valence-electron chi connectivity index (χ3n) is 2.89. The smallest absolute Gasteiger partial charge is 0.0633 e. The SMILES string of the molecule is Cc1c(N)cccc1S(=O)Cc1cccc(Cl)c1Cl. The quantitative estimate of drug-likeness (QED) is 0.863. The van der Waals surface area contributed by atoms with Crippen LogP contribution in [0.2, 0.25) is 10.0 Å². The second-order valence-corrected chi connectivity index (χ2v) is 6.38. The predicted molar refractivity (Wildman–Crippen MR) is 82.2 cm³/mol. The molecule has 0 amide bonds. The van der Waals surface area contributed by atoms with Crippen molar-refractivity contribution in [2.75, 3.05) is 5.73 Å². The van der Waals surface area contributed by atoms with Gasteiger partial charge in [-0.3, -0.25) is 4.21 Å². The molecule has 19 heavy (non-hydrogen) atoms.